The summed E-state index contributed by atoms with van der Waals surface area (Å²) in [5.41, 5.74) is 7.83. The molecule has 128 valence electrons. The minimum absolute atomic E-state index is 0. The van der Waals surface area contributed by atoms with Gasteiger partial charge in [-0.1, -0.05) is 29.8 Å². The zero-order chi connectivity index (χ0) is 16.1. The highest BCUT2D eigenvalue weighted by atomic mass is 127. The Labute approximate surface area is 163 Å². The number of hydrogen-bond donors (Lipinski definition) is 2. The summed E-state index contributed by atoms with van der Waals surface area (Å²) in [7, 11) is 0. The molecule has 3 N–H and O–H groups in total. The fourth-order valence-corrected chi connectivity index (χ4v) is 2.61. The summed E-state index contributed by atoms with van der Waals surface area (Å²) in [5, 5.41) is 3.61. The van der Waals surface area contributed by atoms with Gasteiger partial charge in [0.2, 0.25) is 0 Å². The van der Waals surface area contributed by atoms with Crippen LogP contribution in [0.15, 0.2) is 47.5 Å². The van der Waals surface area contributed by atoms with Crippen LogP contribution < -0.4 is 20.5 Å². The van der Waals surface area contributed by atoms with Crippen LogP contribution in [0.3, 0.4) is 0 Å². The van der Waals surface area contributed by atoms with E-state index in [4.69, 9.17) is 26.8 Å². The summed E-state index contributed by atoms with van der Waals surface area (Å²) >= 11 is 6.22. The van der Waals surface area contributed by atoms with Crippen LogP contribution in [0.2, 0.25) is 5.02 Å². The molecule has 0 saturated heterocycles. The van der Waals surface area contributed by atoms with Crippen LogP contribution >= 0.6 is 35.6 Å². The van der Waals surface area contributed by atoms with Crippen molar-refractivity contribution in [3.8, 4) is 11.5 Å². The molecule has 1 aliphatic rings. The SMILES string of the molecule is I.NC(=NCCc1cc(Cl)c2c(c1)OCCO2)Nc1ccccc1. The largest absolute Gasteiger partial charge is 0.486 e. The molecule has 0 atom stereocenters. The molecule has 7 heteroatoms. The summed E-state index contributed by atoms with van der Waals surface area (Å²) in [4.78, 5) is 4.32. The highest BCUT2D eigenvalue weighted by molar-refractivity contribution is 14.0. The van der Waals surface area contributed by atoms with Crippen molar-refractivity contribution in [2.45, 2.75) is 6.42 Å². The van der Waals surface area contributed by atoms with Gasteiger partial charge < -0.3 is 20.5 Å². The molecule has 0 unspecified atom stereocenters. The van der Waals surface area contributed by atoms with Crippen molar-refractivity contribution in [3.05, 3.63) is 53.1 Å². The summed E-state index contributed by atoms with van der Waals surface area (Å²) in [6.07, 6.45) is 0.716. The van der Waals surface area contributed by atoms with E-state index in [1.165, 1.54) is 0 Å². The van der Waals surface area contributed by atoms with Gasteiger partial charge in [-0.3, -0.25) is 4.99 Å². The first-order valence-electron chi connectivity index (χ1n) is 7.42. The number of nitrogens with zero attached hydrogens (tertiary/aromatic N) is 1. The van der Waals surface area contributed by atoms with E-state index in [1.807, 2.05) is 42.5 Å². The van der Waals surface area contributed by atoms with Gasteiger partial charge >= 0.3 is 0 Å². The van der Waals surface area contributed by atoms with Crippen molar-refractivity contribution in [1.29, 1.82) is 0 Å². The second kappa shape index (κ2) is 8.98. The van der Waals surface area contributed by atoms with Gasteiger partial charge in [-0.15, -0.1) is 24.0 Å². The Kier molecular flexibility index (Phi) is 6.99. The second-order valence-electron chi connectivity index (χ2n) is 5.11. The quantitative estimate of drug-likeness (QED) is 0.416. The Hall–Kier alpha value is -1.67. The van der Waals surface area contributed by atoms with Crippen LogP contribution in [0.1, 0.15) is 5.56 Å². The Balaban J connectivity index is 0.00000208. The van der Waals surface area contributed by atoms with E-state index in [0.717, 1.165) is 11.3 Å². The van der Waals surface area contributed by atoms with E-state index < -0.39 is 0 Å². The smallest absolute Gasteiger partial charge is 0.193 e. The number of halogens is 2. The van der Waals surface area contributed by atoms with E-state index >= 15 is 0 Å². The van der Waals surface area contributed by atoms with Crippen molar-refractivity contribution in [3.63, 3.8) is 0 Å². The lowest BCUT2D eigenvalue weighted by Gasteiger charge is -2.20. The average molecular weight is 460 g/mol. The van der Waals surface area contributed by atoms with E-state index in [0.29, 0.717) is 48.7 Å². The van der Waals surface area contributed by atoms with Gasteiger partial charge in [-0.2, -0.15) is 0 Å². The molecule has 0 spiro atoms. The molecule has 3 rings (SSSR count). The number of hydrogen-bond acceptors (Lipinski definition) is 3. The summed E-state index contributed by atoms with van der Waals surface area (Å²) in [6.45, 7) is 1.62. The molecule has 0 fully saturated rings. The van der Waals surface area contributed by atoms with Crippen LogP contribution in [0.4, 0.5) is 5.69 Å². The van der Waals surface area contributed by atoms with E-state index in [1.54, 1.807) is 0 Å². The summed E-state index contributed by atoms with van der Waals surface area (Å²) in [6, 6.07) is 13.5. The first-order valence-corrected chi connectivity index (χ1v) is 7.80. The van der Waals surface area contributed by atoms with Gasteiger partial charge in [-0.25, -0.2) is 0 Å². The first-order chi connectivity index (χ1) is 11.2. The highest BCUT2D eigenvalue weighted by Crippen LogP contribution is 2.38. The number of nitrogens with two attached hydrogens (primary N) is 1. The summed E-state index contributed by atoms with van der Waals surface area (Å²) < 4.78 is 11.1. The van der Waals surface area contributed by atoms with Gasteiger partial charge in [-0.05, 0) is 36.2 Å². The Morgan fingerprint density at radius 1 is 1.17 bits per heavy atom. The van der Waals surface area contributed by atoms with Crippen LogP contribution in [-0.2, 0) is 6.42 Å². The molecule has 2 aromatic carbocycles. The molecule has 1 aliphatic heterocycles. The van der Waals surface area contributed by atoms with Crippen LogP contribution in [0, 0.1) is 0 Å². The average Bonchev–Trinajstić information content (AvgIpc) is 2.56. The monoisotopic (exact) mass is 459 g/mol. The molecule has 2 aromatic rings. The van der Waals surface area contributed by atoms with Gasteiger partial charge in [0.05, 0.1) is 5.02 Å². The third-order valence-corrected chi connectivity index (χ3v) is 3.67. The lowest BCUT2D eigenvalue weighted by atomic mass is 10.1. The lowest BCUT2D eigenvalue weighted by molar-refractivity contribution is 0.171. The molecular weight excluding hydrogens is 441 g/mol. The number of rotatable bonds is 4. The number of nitrogens with one attached hydrogen (secondary N) is 1. The Bertz CT molecular complexity index is 710. The van der Waals surface area contributed by atoms with Crippen molar-refractivity contribution >= 4 is 47.2 Å². The molecule has 24 heavy (non-hydrogen) atoms. The first kappa shape index (κ1) is 18.7. The predicted octanol–water partition coefficient (Wildman–Crippen LogP) is 3.70. The fraction of sp³-hybridized carbons (Fsp3) is 0.235. The number of benzene rings is 2. The topological polar surface area (TPSA) is 68.9 Å². The molecule has 0 aromatic heterocycles. The minimum Gasteiger partial charge on any atom is -0.486 e. The van der Waals surface area contributed by atoms with Gasteiger partial charge in [0, 0.05) is 12.2 Å². The fourth-order valence-electron chi connectivity index (χ4n) is 2.32. The van der Waals surface area contributed by atoms with Crippen molar-refractivity contribution in [1.82, 2.24) is 0 Å². The normalized spacial score (nSPS) is 13.1. The molecule has 0 bridgehead atoms. The molecular formula is C17H19ClIN3O2. The van der Waals surface area contributed by atoms with Crippen LogP contribution in [-0.4, -0.2) is 25.7 Å². The van der Waals surface area contributed by atoms with Crippen molar-refractivity contribution in [2.75, 3.05) is 25.1 Å². The molecule has 0 amide bonds. The van der Waals surface area contributed by atoms with Crippen molar-refractivity contribution < 1.29 is 9.47 Å². The Morgan fingerprint density at radius 2 is 1.92 bits per heavy atom. The molecule has 0 saturated carbocycles. The zero-order valence-corrected chi connectivity index (χ0v) is 16.1. The van der Waals surface area contributed by atoms with Crippen LogP contribution in [0.25, 0.3) is 0 Å². The van der Waals surface area contributed by atoms with Crippen LogP contribution in [0.5, 0.6) is 11.5 Å². The van der Waals surface area contributed by atoms with Crippen molar-refractivity contribution in [2.24, 2.45) is 10.7 Å². The predicted molar refractivity (Wildman–Crippen MR) is 108 cm³/mol. The minimum atomic E-state index is 0. The number of guanidine groups is 1. The lowest BCUT2D eigenvalue weighted by Crippen LogP contribution is -2.23. The number of ether oxygens (including phenoxy) is 2. The number of para-hydroxylation sites is 1. The summed E-state index contributed by atoms with van der Waals surface area (Å²) in [5.74, 6) is 1.70. The zero-order valence-electron chi connectivity index (χ0n) is 13.0. The second-order valence-corrected chi connectivity index (χ2v) is 5.52. The molecule has 0 radical (unpaired) electrons. The van der Waals surface area contributed by atoms with E-state index in [-0.39, 0.29) is 24.0 Å². The van der Waals surface area contributed by atoms with Gasteiger partial charge in [0.25, 0.3) is 0 Å². The number of fused-ring (bicyclic) bond motifs is 1. The number of anilines is 1. The molecule has 5 nitrogen and oxygen atoms in total. The molecule has 0 aliphatic carbocycles. The van der Waals surface area contributed by atoms with E-state index in [9.17, 15) is 0 Å². The van der Waals surface area contributed by atoms with E-state index in [2.05, 4.69) is 10.3 Å². The van der Waals surface area contributed by atoms with Gasteiger partial charge in [0.1, 0.15) is 13.2 Å². The van der Waals surface area contributed by atoms with Gasteiger partial charge in [0.15, 0.2) is 17.5 Å². The Morgan fingerprint density at radius 3 is 2.71 bits per heavy atom. The maximum absolute atomic E-state index is 6.22. The molecule has 1 heterocycles. The standard InChI is InChI=1S/C17H18ClN3O2.HI/c18-14-10-12(11-15-16(14)23-9-8-22-15)6-7-20-17(19)21-13-4-2-1-3-5-13;/h1-5,10-11H,6-9H2,(H3,19,20,21);1H. The third-order valence-electron chi connectivity index (χ3n) is 3.39. The maximum Gasteiger partial charge on any atom is 0.193 e. The number of aliphatic imine (C=N–C) groups is 1. The maximum atomic E-state index is 6.22. The highest BCUT2D eigenvalue weighted by Gasteiger charge is 2.16. The third kappa shape index (κ3) is 4.91.